The summed E-state index contributed by atoms with van der Waals surface area (Å²) in [4.78, 5) is 2.57. The van der Waals surface area contributed by atoms with Gasteiger partial charge >= 0.3 is 0 Å². The second kappa shape index (κ2) is 14.5. The normalized spacial score (nSPS) is 14.4. The fourth-order valence-electron chi connectivity index (χ4n) is 10.2. The van der Waals surface area contributed by atoms with Crippen molar-refractivity contribution in [1.82, 2.24) is 4.57 Å². The van der Waals surface area contributed by atoms with E-state index in [-0.39, 0.29) is 39.2 Å². The molecular weight excluding hydrogens is 811 g/mol. The van der Waals surface area contributed by atoms with Gasteiger partial charge in [0, 0.05) is 38.9 Å². The molecular formula is C60H70BClN2O. The number of hydrogen-bond donors (Lipinski definition) is 0. The smallest absolute Gasteiger partial charge is 0.256 e. The predicted octanol–water partition coefficient (Wildman–Crippen LogP) is 15.6. The van der Waals surface area contributed by atoms with Crippen LogP contribution in [0.1, 0.15) is 158 Å². The van der Waals surface area contributed by atoms with E-state index in [0.29, 0.717) is 0 Å². The van der Waals surface area contributed by atoms with Gasteiger partial charge in [-0.3, -0.25) is 0 Å². The molecule has 2 aliphatic rings. The number of rotatable bonds is 2. The summed E-state index contributed by atoms with van der Waals surface area (Å²) < 4.78 is 9.81. The zero-order valence-corrected chi connectivity index (χ0v) is 43.3. The quantitative estimate of drug-likeness (QED) is 0.161. The standard InChI is InChI=1S/C60H70BClN2O/c1-55(2,3)35-19-25-47-41(27-35)42-28-36(56(4,5)6)20-26-48(42)63(47)40-22-24-46-51(34-40)65-52-32-38(58(10,11)12)31-50-53(52)61(46)45-23-21-39(62)33-49(45)64(50)54-43(59(13,14)15)29-37(57(7,8)9)30-44(54)60(16,17)18/h19-34H,1-18H3. The van der Waals surface area contributed by atoms with E-state index >= 15 is 0 Å². The number of ether oxygens (including phenoxy) is 1. The summed E-state index contributed by atoms with van der Waals surface area (Å²) in [7, 11) is 0. The Morgan fingerprint density at radius 3 is 1.42 bits per heavy atom. The molecule has 336 valence electrons. The monoisotopic (exact) mass is 881 g/mol. The topological polar surface area (TPSA) is 17.4 Å². The zero-order chi connectivity index (χ0) is 47.3. The Morgan fingerprint density at radius 2 is 0.923 bits per heavy atom. The van der Waals surface area contributed by atoms with Crippen LogP contribution in [0, 0.1) is 0 Å². The summed E-state index contributed by atoms with van der Waals surface area (Å²) in [5.41, 5.74) is 18.0. The first-order valence-electron chi connectivity index (χ1n) is 23.8. The van der Waals surface area contributed by atoms with Gasteiger partial charge in [0.25, 0.3) is 6.71 Å². The summed E-state index contributed by atoms with van der Waals surface area (Å²) >= 11 is 7.13. The highest BCUT2D eigenvalue weighted by Crippen LogP contribution is 2.51. The summed E-state index contributed by atoms with van der Waals surface area (Å²) in [5.74, 6) is 1.81. The molecule has 3 heterocycles. The summed E-state index contributed by atoms with van der Waals surface area (Å²) in [6.45, 7) is 41.8. The number of benzene rings is 6. The molecule has 0 radical (unpaired) electrons. The van der Waals surface area contributed by atoms with Crippen molar-refractivity contribution in [2.45, 2.75) is 157 Å². The Balaban J connectivity index is 1.33. The third-order valence-corrected chi connectivity index (χ3v) is 14.4. The van der Waals surface area contributed by atoms with Gasteiger partial charge in [-0.2, -0.15) is 0 Å². The number of nitrogens with zero attached hydrogens (tertiary/aromatic N) is 2. The highest BCUT2D eigenvalue weighted by Gasteiger charge is 2.45. The minimum absolute atomic E-state index is 0.0245. The number of aromatic nitrogens is 1. The molecule has 0 saturated carbocycles. The lowest BCUT2D eigenvalue weighted by Crippen LogP contribution is -2.59. The maximum absolute atomic E-state index is 7.37. The second-order valence-electron chi connectivity index (χ2n) is 25.4. The summed E-state index contributed by atoms with van der Waals surface area (Å²) in [6.07, 6.45) is 0. The van der Waals surface area contributed by atoms with E-state index in [4.69, 9.17) is 16.3 Å². The summed E-state index contributed by atoms with van der Waals surface area (Å²) in [6, 6.07) is 37.3. The van der Waals surface area contributed by atoms with Gasteiger partial charge in [-0.05, 0) is 137 Å². The van der Waals surface area contributed by atoms with E-state index in [1.165, 1.54) is 71.8 Å². The minimum Gasteiger partial charge on any atom is -0.458 e. The molecule has 0 spiro atoms. The molecule has 0 atom stereocenters. The molecule has 0 fully saturated rings. The van der Waals surface area contributed by atoms with Gasteiger partial charge in [0.15, 0.2) is 0 Å². The molecule has 0 unspecified atom stereocenters. The van der Waals surface area contributed by atoms with Crippen LogP contribution < -0.4 is 26.0 Å². The molecule has 3 nitrogen and oxygen atoms in total. The van der Waals surface area contributed by atoms with Crippen LogP contribution in [0.25, 0.3) is 27.5 Å². The maximum Gasteiger partial charge on any atom is 0.256 e. The first kappa shape index (κ1) is 45.2. The van der Waals surface area contributed by atoms with Gasteiger partial charge in [0.1, 0.15) is 11.5 Å². The number of anilines is 3. The molecule has 65 heavy (non-hydrogen) atoms. The number of halogens is 1. The van der Waals surface area contributed by atoms with Gasteiger partial charge in [0.05, 0.1) is 16.7 Å². The fourth-order valence-corrected chi connectivity index (χ4v) is 10.4. The van der Waals surface area contributed by atoms with Crippen LogP contribution in [-0.2, 0) is 32.5 Å². The van der Waals surface area contributed by atoms with Crippen LogP contribution in [0.15, 0.2) is 97.1 Å². The fraction of sp³-hybridized carbons (Fsp3) is 0.400. The average Bonchev–Trinajstić information content (AvgIpc) is 3.51. The Hall–Kier alpha value is -4.93. The minimum atomic E-state index is -0.164. The molecule has 0 bridgehead atoms. The molecule has 2 aliphatic heterocycles. The van der Waals surface area contributed by atoms with Gasteiger partial charge < -0.3 is 14.2 Å². The highest BCUT2D eigenvalue weighted by molar-refractivity contribution is 6.99. The van der Waals surface area contributed by atoms with Crippen molar-refractivity contribution in [3.8, 4) is 17.2 Å². The van der Waals surface area contributed by atoms with Crippen molar-refractivity contribution in [2.75, 3.05) is 4.90 Å². The molecule has 9 rings (SSSR count). The molecule has 1 aromatic heterocycles. The van der Waals surface area contributed by atoms with E-state index < -0.39 is 0 Å². The number of hydrogen-bond acceptors (Lipinski definition) is 2. The van der Waals surface area contributed by atoms with E-state index in [2.05, 4.69) is 231 Å². The second-order valence-corrected chi connectivity index (χ2v) is 25.9. The van der Waals surface area contributed by atoms with Crippen LogP contribution in [0.4, 0.5) is 17.1 Å². The largest absolute Gasteiger partial charge is 0.458 e. The van der Waals surface area contributed by atoms with Crippen molar-refractivity contribution >= 4 is 73.6 Å². The third kappa shape index (κ3) is 7.60. The van der Waals surface area contributed by atoms with Crippen LogP contribution in [-0.4, -0.2) is 11.3 Å². The molecule has 0 saturated heterocycles. The van der Waals surface area contributed by atoms with Gasteiger partial charge in [-0.1, -0.05) is 173 Å². The van der Waals surface area contributed by atoms with E-state index in [0.717, 1.165) is 39.0 Å². The highest BCUT2D eigenvalue weighted by atomic mass is 35.5. The Morgan fingerprint density at radius 1 is 0.431 bits per heavy atom. The van der Waals surface area contributed by atoms with Crippen LogP contribution in [0.3, 0.4) is 0 Å². The third-order valence-electron chi connectivity index (χ3n) is 14.2. The van der Waals surface area contributed by atoms with E-state index in [9.17, 15) is 0 Å². The SMILES string of the molecule is CC(C)(C)c1cc2c3c(c1)N(c1c(C(C)(C)C)cc(C(C)(C)C)cc1C(C)(C)C)c1cc(Cl)ccc1B3c1ccc(-n3c4ccc(C(C)(C)C)cc4c4cc(C(C)(C)C)ccc43)cc1O2. The van der Waals surface area contributed by atoms with Crippen LogP contribution >= 0.6 is 11.6 Å². The van der Waals surface area contributed by atoms with Crippen molar-refractivity contribution in [3.05, 3.63) is 135 Å². The molecule has 7 aromatic rings. The van der Waals surface area contributed by atoms with Crippen molar-refractivity contribution in [3.63, 3.8) is 0 Å². The first-order valence-corrected chi connectivity index (χ1v) is 24.2. The number of fused-ring (bicyclic) bond motifs is 7. The van der Waals surface area contributed by atoms with Gasteiger partial charge in [-0.25, -0.2) is 0 Å². The summed E-state index contributed by atoms with van der Waals surface area (Å²) in [5, 5.41) is 3.28. The Labute approximate surface area is 395 Å². The van der Waals surface area contributed by atoms with Crippen LogP contribution in [0.2, 0.25) is 5.02 Å². The van der Waals surface area contributed by atoms with E-state index in [1.54, 1.807) is 0 Å². The molecule has 6 aromatic carbocycles. The van der Waals surface area contributed by atoms with Gasteiger partial charge in [0.2, 0.25) is 0 Å². The lowest BCUT2D eigenvalue weighted by atomic mass is 9.34. The lowest BCUT2D eigenvalue weighted by molar-refractivity contribution is 0.483. The zero-order valence-electron chi connectivity index (χ0n) is 42.5. The lowest BCUT2D eigenvalue weighted by Gasteiger charge is -2.45. The van der Waals surface area contributed by atoms with Gasteiger partial charge in [-0.15, -0.1) is 0 Å². The molecule has 0 amide bonds. The van der Waals surface area contributed by atoms with Crippen molar-refractivity contribution < 1.29 is 4.74 Å². The Bertz CT molecular complexity index is 2980. The molecule has 5 heteroatoms. The average molecular weight is 881 g/mol. The van der Waals surface area contributed by atoms with E-state index in [1.807, 2.05) is 0 Å². The maximum atomic E-state index is 7.37. The van der Waals surface area contributed by atoms with Crippen molar-refractivity contribution in [2.24, 2.45) is 0 Å². The van der Waals surface area contributed by atoms with Crippen molar-refractivity contribution in [1.29, 1.82) is 0 Å². The van der Waals surface area contributed by atoms with Crippen LogP contribution in [0.5, 0.6) is 11.5 Å². The first-order chi connectivity index (χ1) is 29.9. The predicted molar refractivity (Wildman–Crippen MR) is 284 cm³/mol. The molecule has 0 N–H and O–H groups in total. The molecule has 0 aliphatic carbocycles. The Kier molecular flexibility index (Phi) is 10.1.